The quantitative estimate of drug-likeness (QED) is 0.609. The van der Waals surface area contributed by atoms with Crippen LogP contribution in [0.4, 0.5) is 15.8 Å². The van der Waals surface area contributed by atoms with E-state index in [0.29, 0.717) is 30.4 Å². The Hall–Kier alpha value is -3.59. The lowest BCUT2D eigenvalue weighted by molar-refractivity contribution is -0.115. The molecule has 31 heavy (non-hydrogen) atoms. The Morgan fingerprint density at radius 1 is 0.935 bits per heavy atom. The van der Waals surface area contributed by atoms with E-state index in [0.717, 1.165) is 11.6 Å². The van der Waals surface area contributed by atoms with E-state index in [1.165, 1.54) is 36.4 Å². The topological polar surface area (TPSA) is 93.7 Å². The predicted molar refractivity (Wildman–Crippen MR) is 113 cm³/mol. The number of nitrogens with one attached hydrogen (secondary N) is 2. The van der Waals surface area contributed by atoms with Crippen molar-refractivity contribution in [2.75, 3.05) is 23.3 Å². The normalized spacial score (nSPS) is 12.8. The van der Waals surface area contributed by atoms with Crippen molar-refractivity contribution in [1.29, 1.82) is 0 Å². The van der Waals surface area contributed by atoms with E-state index in [4.69, 9.17) is 9.47 Å². The number of fused-ring (bicyclic) bond motifs is 1. The van der Waals surface area contributed by atoms with Crippen LogP contribution in [0.25, 0.3) is 0 Å². The predicted octanol–water partition coefficient (Wildman–Crippen LogP) is 3.58. The van der Waals surface area contributed by atoms with E-state index in [1.54, 1.807) is 24.3 Å². The number of rotatable bonds is 6. The van der Waals surface area contributed by atoms with Gasteiger partial charge < -0.3 is 14.8 Å². The van der Waals surface area contributed by atoms with Gasteiger partial charge >= 0.3 is 0 Å². The number of anilines is 2. The molecule has 3 aromatic carbocycles. The summed E-state index contributed by atoms with van der Waals surface area (Å²) in [6, 6.07) is 16.5. The molecule has 0 bridgehead atoms. The highest BCUT2D eigenvalue weighted by Crippen LogP contribution is 2.31. The van der Waals surface area contributed by atoms with E-state index in [-0.39, 0.29) is 22.9 Å². The fraction of sp³-hybridized carbons (Fsp3) is 0.136. The second-order valence-electron chi connectivity index (χ2n) is 6.82. The number of hydrogen-bond donors (Lipinski definition) is 2. The van der Waals surface area contributed by atoms with Crippen molar-refractivity contribution >= 4 is 27.3 Å². The average Bonchev–Trinajstić information content (AvgIpc) is 2.75. The van der Waals surface area contributed by atoms with Crippen molar-refractivity contribution in [3.63, 3.8) is 0 Å². The fourth-order valence-electron chi connectivity index (χ4n) is 3.08. The van der Waals surface area contributed by atoms with Crippen molar-refractivity contribution in [2.24, 2.45) is 0 Å². The van der Waals surface area contributed by atoms with E-state index in [1.807, 2.05) is 0 Å². The molecular formula is C22H19FN2O5S. The number of carbonyl (C=O) groups excluding carboxylic acids is 1. The third-order valence-electron chi connectivity index (χ3n) is 4.52. The molecule has 0 unspecified atom stereocenters. The molecule has 0 saturated heterocycles. The summed E-state index contributed by atoms with van der Waals surface area (Å²) in [5.41, 5.74) is 0.876. The Labute approximate surface area is 178 Å². The maximum absolute atomic E-state index is 13.8. The number of amides is 1. The van der Waals surface area contributed by atoms with Crippen LogP contribution >= 0.6 is 0 Å². The first-order valence-electron chi connectivity index (χ1n) is 9.46. The Bertz CT molecular complexity index is 1230. The lowest BCUT2D eigenvalue weighted by Gasteiger charge is -2.18. The molecule has 2 N–H and O–H groups in total. The van der Waals surface area contributed by atoms with Gasteiger partial charge in [-0.1, -0.05) is 24.3 Å². The lowest BCUT2D eigenvalue weighted by Crippen LogP contribution is -2.18. The van der Waals surface area contributed by atoms with Gasteiger partial charge in [-0.2, -0.15) is 0 Å². The van der Waals surface area contributed by atoms with Crippen LogP contribution in [0.2, 0.25) is 0 Å². The molecule has 1 aliphatic rings. The summed E-state index contributed by atoms with van der Waals surface area (Å²) in [4.78, 5) is 12.3. The number of para-hydroxylation sites is 1. The largest absolute Gasteiger partial charge is 0.486 e. The van der Waals surface area contributed by atoms with Crippen LogP contribution in [-0.4, -0.2) is 27.5 Å². The van der Waals surface area contributed by atoms with E-state index < -0.39 is 15.8 Å². The van der Waals surface area contributed by atoms with Crippen molar-refractivity contribution in [3.05, 3.63) is 78.1 Å². The first-order chi connectivity index (χ1) is 14.9. The number of carbonyl (C=O) groups is 1. The van der Waals surface area contributed by atoms with Crippen LogP contribution in [0.3, 0.4) is 0 Å². The van der Waals surface area contributed by atoms with Crippen LogP contribution in [0.5, 0.6) is 11.5 Å². The third-order valence-corrected chi connectivity index (χ3v) is 5.88. The summed E-state index contributed by atoms with van der Waals surface area (Å²) in [7, 11) is -4.04. The van der Waals surface area contributed by atoms with Gasteiger partial charge in [0.15, 0.2) is 11.5 Å². The Kier molecular flexibility index (Phi) is 5.77. The van der Waals surface area contributed by atoms with Gasteiger partial charge in [0.1, 0.15) is 19.0 Å². The molecule has 1 aliphatic heterocycles. The molecule has 7 nitrogen and oxygen atoms in total. The van der Waals surface area contributed by atoms with Crippen LogP contribution in [-0.2, 0) is 21.2 Å². The zero-order valence-corrected chi connectivity index (χ0v) is 17.1. The van der Waals surface area contributed by atoms with Crippen molar-refractivity contribution in [1.82, 2.24) is 0 Å². The molecule has 0 aliphatic carbocycles. The molecule has 1 heterocycles. The van der Waals surface area contributed by atoms with E-state index in [9.17, 15) is 17.6 Å². The van der Waals surface area contributed by atoms with Crippen LogP contribution in [0.1, 0.15) is 5.56 Å². The molecule has 0 fully saturated rings. The lowest BCUT2D eigenvalue weighted by atomic mass is 10.1. The van der Waals surface area contributed by atoms with Crippen LogP contribution < -0.4 is 19.5 Å². The van der Waals surface area contributed by atoms with Gasteiger partial charge in [0.2, 0.25) is 5.91 Å². The highest BCUT2D eigenvalue weighted by atomic mass is 32.2. The number of sulfonamides is 1. The smallest absolute Gasteiger partial charge is 0.262 e. The first kappa shape index (κ1) is 20.7. The summed E-state index contributed by atoms with van der Waals surface area (Å²) in [6.45, 7) is 0.933. The minimum Gasteiger partial charge on any atom is -0.486 e. The van der Waals surface area contributed by atoms with Crippen molar-refractivity contribution < 1.29 is 27.1 Å². The standard InChI is InChI=1S/C22H19FN2O5S/c23-18-6-1-2-7-19(18)25-31(27,28)17-5-3-4-16(14-17)24-22(26)13-15-8-9-20-21(12-15)30-11-10-29-20/h1-9,12,14,25H,10-11,13H2,(H,24,26). The maximum Gasteiger partial charge on any atom is 0.262 e. The summed E-state index contributed by atoms with van der Waals surface area (Å²) in [5.74, 6) is 0.211. The van der Waals surface area contributed by atoms with E-state index in [2.05, 4.69) is 10.0 Å². The van der Waals surface area contributed by atoms with Crippen LogP contribution in [0.15, 0.2) is 71.6 Å². The molecule has 9 heteroatoms. The zero-order chi connectivity index (χ0) is 21.8. The van der Waals surface area contributed by atoms with Gasteiger partial charge in [0, 0.05) is 5.69 Å². The molecule has 0 atom stereocenters. The summed E-state index contributed by atoms with van der Waals surface area (Å²) in [5, 5.41) is 2.68. The Morgan fingerprint density at radius 3 is 2.52 bits per heavy atom. The minimum absolute atomic E-state index is 0.0705. The molecule has 0 spiro atoms. The molecule has 160 valence electrons. The highest BCUT2D eigenvalue weighted by Gasteiger charge is 2.17. The first-order valence-corrected chi connectivity index (χ1v) is 10.9. The van der Waals surface area contributed by atoms with Crippen LogP contribution in [0, 0.1) is 5.82 Å². The van der Waals surface area contributed by atoms with E-state index >= 15 is 0 Å². The van der Waals surface area contributed by atoms with Crippen molar-refractivity contribution in [2.45, 2.75) is 11.3 Å². The van der Waals surface area contributed by atoms with Gasteiger partial charge in [-0.05, 0) is 48.0 Å². The minimum atomic E-state index is -4.04. The van der Waals surface area contributed by atoms with Crippen molar-refractivity contribution in [3.8, 4) is 11.5 Å². The third kappa shape index (κ3) is 4.95. The Morgan fingerprint density at radius 2 is 1.71 bits per heavy atom. The monoisotopic (exact) mass is 442 g/mol. The molecule has 4 rings (SSSR count). The number of hydrogen-bond acceptors (Lipinski definition) is 5. The Balaban J connectivity index is 1.45. The molecule has 0 saturated carbocycles. The second kappa shape index (κ2) is 8.65. The zero-order valence-electron chi connectivity index (χ0n) is 16.3. The summed E-state index contributed by atoms with van der Waals surface area (Å²) >= 11 is 0. The molecule has 1 amide bonds. The molecule has 0 radical (unpaired) electrons. The summed E-state index contributed by atoms with van der Waals surface area (Å²) in [6.07, 6.45) is 0.0705. The molecule has 3 aromatic rings. The number of halogens is 1. The van der Waals surface area contributed by atoms with Gasteiger partial charge in [-0.15, -0.1) is 0 Å². The van der Waals surface area contributed by atoms with Gasteiger partial charge in [-0.25, -0.2) is 12.8 Å². The van der Waals surface area contributed by atoms with Gasteiger partial charge in [-0.3, -0.25) is 9.52 Å². The fourth-order valence-corrected chi connectivity index (χ4v) is 4.19. The number of benzene rings is 3. The van der Waals surface area contributed by atoms with Gasteiger partial charge in [0.25, 0.3) is 10.0 Å². The number of ether oxygens (including phenoxy) is 2. The molecular weight excluding hydrogens is 423 g/mol. The maximum atomic E-state index is 13.8. The van der Waals surface area contributed by atoms with Gasteiger partial charge in [0.05, 0.1) is 17.0 Å². The summed E-state index contributed by atoms with van der Waals surface area (Å²) < 4.78 is 52.2. The SMILES string of the molecule is O=C(Cc1ccc2c(c1)OCCO2)Nc1cccc(S(=O)(=O)Nc2ccccc2F)c1. The second-order valence-corrected chi connectivity index (χ2v) is 8.50. The highest BCUT2D eigenvalue weighted by molar-refractivity contribution is 7.92. The molecule has 0 aromatic heterocycles. The average molecular weight is 442 g/mol.